The van der Waals surface area contributed by atoms with Crippen LogP contribution in [0.25, 0.3) is 0 Å². The Hall–Kier alpha value is -1.65. The Balaban J connectivity index is 2.57. The summed E-state index contributed by atoms with van der Waals surface area (Å²) in [6.45, 7) is 3.58. The second-order valence-corrected chi connectivity index (χ2v) is 2.49. The molecule has 5 heteroatoms. The number of carbonyl (C=O) groups excluding carboxylic acids is 1. The molecule has 0 aromatic heterocycles. The molecule has 0 amide bonds. The van der Waals surface area contributed by atoms with Crippen molar-refractivity contribution in [2.24, 2.45) is 0 Å². The van der Waals surface area contributed by atoms with E-state index < -0.39 is 12.5 Å². The van der Waals surface area contributed by atoms with E-state index in [0.29, 0.717) is 0 Å². The topological polar surface area (TPSA) is 42.0 Å². The number of nitrogens with zero attached hydrogens (tertiary/aromatic N) is 2. The van der Waals surface area contributed by atoms with Gasteiger partial charge in [0.25, 0.3) is 6.35 Å². The maximum Gasteiger partial charge on any atom is 0.511 e. The van der Waals surface area contributed by atoms with E-state index in [1.165, 1.54) is 7.11 Å². The highest BCUT2D eigenvalue weighted by molar-refractivity contribution is 5.59. The predicted molar refractivity (Wildman–Crippen MR) is 46.2 cm³/mol. The molecule has 0 radical (unpaired) electrons. The van der Waals surface area contributed by atoms with Crippen LogP contribution >= 0.6 is 0 Å². The van der Waals surface area contributed by atoms with E-state index in [4.69, 9.17) is 4.74 Å². The predicted octanol–water partition coefficient (Wildman–Crippen LogP) is 0.915. The molecule has 1 rings (SSSR count). The molecule has 0 N–H and O–H groups in total. The zero-order chi connectivity index (χ0) is 9.84. The summed E-state index contributed by atoms with van der Waals surface area (Å²) in [5.74, 6) is 0. The first-order valence-corrected chi connectivity index (χ1v) is 3.74. The molecule has 0 saturated carbocycles. The fourth-order valence-electron chi connectivity index (χ4n) is 0.969. The van der Waals surface area contributed by atoms with Gasteiger partial charge in [0.05, 0.1) is 7.11 Å². The molecule has 1 aliphatic heterocycles. The SMILES string of the molecule is C=CN1C=CN(C)C1OC(=O)OC. The van der Waals surface area contributed by atoms with Gasteiger partial charge in [-0.2, -0.15) is 0 Å². The summed E-state index contributed by atoms with van der Waals surface area (Å²) in [7, 11) is 3.05. The van der Waals surface area contributed by atoms with Crippen LogP contribution < -0.4 is 0 Å². The number of methoxy groups -OCH3 is 1. The van der Waals surface area contributed by atoms with Gasteiger partial charge in [-0.25, -0.2) is 4.79 Å². The van der Waals surface area contributed by atoms with Crippen molar-refractivity contribution in [1.29, 1.82) is 0 Å². The van der Waals surface area contributed by atoms with Crippen molar-refractivity contribution in [2.45, 2.75) is 6.35 Å². The molecule has 0 bridgehead atoms. The van der Waals surface area contributed by atoms with E-state index in [2.05, 4.69) is 11.3 Å². The monoisotopic (exact) mass is 184 g/mol. The summed E-state index contributed by atoms with van der Waals surface area (Å²) in [5, 5.41) is 0. The zero-order valence-corrected chi connectivity index (χ0v) is 7.64. The molecule has 1 unspecified atom stereocenters. The molecule has 1 atom stereocenters. The second kappa shape index (κ2) is 3.84. The van der Waals surface area contributed by atoms with Crippen LogP contribution in [0.15, 0.2) is 25.2 Å². The molecule has 1 heterocycles. The number of ether oxygens (including phenoxy) is 2. The Morgan fingerprint density at radius 2 is 2.31 bits per heavy atom. The lowest BCUT2D eigenvalue weighted by molar-refractivity contribution is -0.0575. The second-order valence-electron chi connectivity index (χ2n) is 2.49. The Kier molecular flexibility index (Phi) is 2.79. The van der Waals surface area contributed by atoms with E-state index in [9.17, 15) is 4.79 Å². The van der Waals surface area contributed by atoms with Gasteiger partial charge in [-0.05, 0) is 0 Å². The maximum atomic E-state index is 10.8. The van der Waals surface area contributed by atoms with Crippen LogP contribution in [0.4, 0.5) is 4.79 Å². The largest absolute Gasteiger partial charge is 0.511 e. The minimum atomic E-state index is -0.715. The van der Waals surface area contributed by atoms with Crippen LogP contribution in [0, 0.1) is 0 Å². The van der Waals surface area contributed by atoms with Crippen molar-refractivity contribution >= 4 is 6.16 Å². The van der Waals surface area contributed by atoms with E-state index in [1.807, 2.05) is 0 Å². The van der Waals surface area contributed by atoms with Crippen molar-refractivity contribution in [3.8, 4) is 0 Å². The van der Waals surface area contributed by atoms with Crippen LogP contribution in [-0.4, -0.2) is 36.5 Å². The Bertz CT molecular complexity index is 240. The first-order chi connectivity index (χ1) is 6.19. The lowest BCUT2D eigenvalue weighted by Crippen LogP contribution is -2.37. The smallest absolute Gasteiger partial charge is 0.438 e. The molecule has 0 spiro atoms. The van der Waals surface area contributed by atoms with Gasteiger partial charge < -0.3 is 19.3 Å². The normalized spacial score (nSPS) is 20.3. The highest BCUT2D eigenvalue weighted by Crippen LogP contribution is 2.15. The van der Waals surface area contributed by atoms with Gasteiger partial charge in [-0.3, -0.25) is 0 Å². The van der Waals surface area contributed by atoms with Crippen LogP contribution in [0.3, 0.4) is 0 Å². The highest BCUT2D eigenvalue weighted by Gasteiger charge is 2.25. The zero-order valence-electron chi connectivity index (χ0n) is 7.64. The summed E-state index contributed by atoms with van der Waals surface area (Å²) < 4.78 is 9.31. The van der Waals surface area contributed by atoms with E-state index in [0.717, 1.165) is 0 Å². The molecule has 0 fully saturated rings. The average Bonchev–Trinajstić information content (AvgIpc) is 2.48. The van der Waals surface area contributed by atoms with Crippen LogP contribution in [0.2, 0.25) is 0 Å². The number of hydrogen-bond donors (Lipinski definition) is 0. The standard InChI is InChI=1S/C8H12N2O3/c1-4-10-6-5-9(2)7(10)13-8(11)12-3/h4-7H,1H2,2-3H3. The first-order valence-electron chi connectivity index (χ1n) is 3.74. The lowest BCUT2D eigenvalue weighted by atomic mass is 10.7. The molecule has 0 aromatic rings. The Labute approximate surface area is 76.8 Å². The lowest BCUT2D eigenvalue weighted by Gasteiger charge is -2.25. The molecule has 1 aliphatic rings. The van der Waals surface area contributed by atoms with Gasteiger partial charge in [0, 0.05) is 25.6 Å². The quantitative estimate of drug-likeness (QED) is 0.597. The van der Waals surface area contributed by atoms with E-state index in [-0.39, 0.29) is 0 Å². The maximum absolute atomic E-state index is 10.8. The fraction of sp³-hybridized carbons (Fsp3) is 0.375. The van der Waals surface area contributed by atoms with Crippen molar-refractivity contribution in [1.82, 2.24) is 9.80 Å². The molecule has 13 heavy (non-hydrogen) atoms. The summed E-state index contributed by atoms with van der Waals surface area (Å²) in [6, 6.07) is 0. The van der Waals surface area contributed by atoms with Crippen molar-refractivity contribution in [2.75, 3.05) is 14.2 Å². The number of hydrogen-bond acceptors (Lipinski definition) is 5. The van der Waals surface area contributed by atoms with Crippen LogP contribution in [-0.2, 0) is 9.47 Å². The van der Waals surface area contributed by atoms with Crippen molar-refractivity contribution in [3.05, 3.63) is 25.2 Å². The third-order valence-electron chi connectivity index (χ3n) is 1.66. The minimum Gasteiger partial charge on any atom is -0.438 e. The minimum absolute atomic E-state index is 0.495. The molecular formula is C8H12N2O3. The summed E-state index contributed by atoms with van der Waals surface area (Å²) >= 11 is 0. The van der Waals surface area contributed by atoms with Gasteiger partial charge in [0.2, 0.25) is 0 Å². The van der Waals surface area contributed by atoms with Gasteiger partial charge in [-0.15, -0.1) is 0 Å². The molecule has 0 aromatic carbocycles. The molecule has 0 aliphatic carbocycles. The molecular weight excluding hydrogens is 172 g/mol. The van der Waals surface area contributed by atoms with Crippen LogP contribution in [0.1, 0.15) is 0 Å². The van der Waals surface area contributed by atoms with Gasteiger partial charge in [-0.1, -0.05) is 6.58 Å². The third kappa shape index (κ3) is 1.93. The Morgan fingerprint density at radius 3 is 2.85 bits per heavy atom. The van der Waals surface area contributed by atoms with Gasteiger partial charge in [0.1, 0.15) is 0 Å². The molecule has 5 nitrogen and oxygen atoms in total. The molecule has 0 saturated heterocycles. The van der Waals surface area contributed by atoms with Crippen molar-refractivity contribution in [3.63, 3.8) is 0 Å². The van der Waals surface area contributed by atoms with Gasteiger partial charge >= 0.3 is 6.16 Å². The number of rotatable bonds is 2. The molecule has 72 valence electrons. The number of carbonyl (C=O) groups is 1. The summed E-state index contributed by atoms with van der Waals surface area (Å²) in [5.41, 5.74) is 0. The summed E-state index contributed by atoms with van der Waals surface area (Å²) in [6.07, 6.45) is 3.88. The van der Waals surface area contributed by atoms with E-state index >= 15 is 0 Å². The van der Waals surface area contributed by atoms with E-state index in [1.54, 1.807) is 35.4 Å². The highest BCUT2D eigenvalue weighted by atomic mass is 16.7. The van der Waals surface area contributed by atoms with Crippen molar-refractivity contribution < 1.29 is 14.3 Å². The van der Waals surface area contributed by atoms with Crippen LogP contribution in [0.5, 0.6) is 0 Å². The van der Waals surface area contributed by atoms with Gasteiger partial charge in [0.15, 0.2) is 0 Å². The third-order valence-corrected chi connectivity index (χ3v) is 1.66. The fourth-order valence-corrected chi connectivity index (χ4v) is 0.969. The summed E-state index contributed by atoms with van der Waals surface area (Å²) in [4.78, 5) is 14.2. The Morgan fingerprint density at radius 1 is 1.62 bits per heavy atom. The average molecular weight is 184 g/mol. The first kappa shape index (κ1) is 9.44.